The van der Waals surface area contributed by atoms with E-state index >= 15 is 0 Å². The molecule has 1 aromatic carbocycles. The number of H-pyrrole nitrogens is 1. The number of hydrogen-bond acceptors (Lipinski definition) is 7. The molecule has 1 aliphatic heterocycles. The van der Waals surface area contributed by atoms with Gasteiger partial charge in [-0.25, -0.2) is 13.1 Å². The zero-order chi connectivity index (χ0) is 23.9. The average Bonchev–Trinajstić information content (AvgIpc) is 3.34. The van der Waals surface area contributed by atoms with E-state index in [0.29, 0.717) is 35.2 Å². The van der Waals surface area contributed by atoms with Crippen LogP contribution < -0.4 is 5.43 Å². The molecule has 0 spiro atoms. The number of hydrogen-bond donors (Lipinski definition) is 2. The second-order valence-corrected chi connectivity index (χ2v) is 10.5. The Morgan fingerprint density at radius 1 is 1.18 bits per heavy atom. The van der Waals surface area contributed by atoms with Crippen LogP contribution in [-0.2, 0) is 10.0 Å². The standard InChI is InChI=1S/C22H26N6O3S2/c1-6-27(7-2)33(30,31)17-10-8-9-16(11-17)21-24-25-22-28(21)26-18(12-32-22)20-13(3)19(15(5)29)14(4)23-20/h8-12,23,26H,6-7H2,1-5H3. The highest BCUT2D eigenvalue weighted by Gasteiger charge is 2.26. The molecule has 4 rings (SSSR count). The summed E-state index contributed by atoms with van der Waals surface area (Å²) in [5.41, 5.74) is 7.88. The molecule has 0 saturated carbocycles. The second-order valence-electron chi connectivity index (χ2n) is 7.70. The molecule has 0 unspecified atom stereocenters. The number of fused-ring (bicyclic) bond motifs is 1. The summed E-state index contributed by atoms with van der Waals surface area (Å²) in [6.45, 7) is 9.76. The number of carbonyl (C=O) groups is 1. The van der Waals surface area contributed by atoms with Crippen molar-refractivity contribution in [3.63, 3.8) is 0 Å². The molecule has 11 heteroatoms. The Bertz CT molecular complexity index is 1370. The van der Waals surface area contributed by atoms with Crippen molar-refractivity contribution in [2.45, 2.75) is 44.7 Å². The molecule has 3 heterocycles. The maximum atomic E-state index is 13.0. The third-order valence-electron chi connectivity index (χ3n) is 5.64. The molecule has 2 N–H and O–H groups in total. The van der Waals surface area contributed by atoms with E-state index in [2.05, 4.69) is 20.6 Å². The van der Waals surface area contributed by atoms with Crippen LogP contribution in [0.3, 0.4) is 0 Å². The summed E-state index contributed by atoms with van der Waals surface area (Å²) in [7, 11) is -3.60. The molecule has 33 heavy (non-hydrogen) atoms. The van der Waals surface area contributed by atoms with Gasteiger partial charge in [-0.1, -0.05) is 37.7 Å². The first kappa shape index (κ1) is 23.3. The van der Waals surface area contributed by atoms with Crippen LogP contribution in [0.25, 0.3) is 17.1 Å². The minimum atomic E-state index is -3.60. The largest absolute Gasteiger partial charge is 0.357 e. The van der Waals surface area contributed by atoms with Gasteiger partial charge in [0.15, 0.2) is 11.6 Å². The van der Waals surface area contributed by atoms with Crippen molar-refractivity contribution >= 4 is 33.3 Å². The topological polar surface area (TPSA) is 113 Å². The van der Waals surface area contributed by atoms with E-state index in [1.54, 1.807) is 35.9 Å². The summed E-state index contributed by atoms with van der Waals surface area (Å²) in [5.74, 6) is 0.501. The van der Waals surface area contributed by atoms with E-state index < -0.39 is 10.0 Å². The maximum Gasteiger partial charge on any atom is 0.243 e. The molecule has 0 bridgehead atoms. The molecule has 3 aromatic rings. The van der Waals surface area contributed by atoms with Gasteiger partial charge in [0.1, 0.15) is 0 Å². The highest BCUT2D eigenvalue weighted by atomic mass is 32.2. The molecule has 9 nitrogen and oxygen atoms in total. The number of rotatable bonds is 7. The van der Waals surface area contributed by atoms with Crippen molar-refractivity contribution in [1.29, 1.82) is 0 Å². The molecule has 0 aliphatic carbocycles. The average molecular weight is 487 g/mol. The van der Waals surface area contributed by atoms with Crippen LogP contribution in [0, 0.1) is 13.8 Å². The number of nitrogens with zero attached hydrogens (tertiary/aromatic N) is 4. The smallest absolute Gasteiger partial charge is 0.243 e. The fraction of sp³-hybridized carbons (Fsp3) is 0.318. The first-order chi connectivity index (χ1) is 15.7. The summed E-state index contributed by atoms with van der Waals surface area (Å²) < 4.78 is 29.1. The Morgan fingerprint density at radius 3 is 2.55 bits per heavy atom. The number of Topliss-reactive ketones (excluding diaryl/α,β-unsaturated/α-hetero) is 1. The Balaban J connectivity index is 1.71. The monoisotopic (exact) mass is 486 g/mol. The van der Waals surface area contributed by atoms with Crippen molar-refractivity contribution in [3.8, 4) is 11.4 Å². The predicted molar refractivity (Wildman–Crippen MR) is 129 cm³/mol. The minimum Gasteiger partial charge on any atom is -0.357 e. The molecule has 174 valence electrons. The lowest BCUT2D eigenvalue weighted by molar-refractivity contribution is 0.101. The second kappa shape index (κ2) is 8.81. The van der Waals surface area contributed by atoms with Crippen molar-refractivity contribution < 1.29 is 13.2 Å². The molecule has 0 amide bonds. The van der Waals surface area contributed by atoms with Crippen LogP contribution in [0.2, 0.25) is 0 Å². The SMILES string of the molecule is CCN(CC)S(=O)(=O)c1cccc(-c2nnc3n2NC(c2[nH]c(C)c(C(C)=O)c2C)=CS3)c1. The summed E-state index contributed by atoms with van der Waals surface area (Å²) in [6, 6.07) is 6.72. The van der Waals surface area contributed by atoms with E-state index in [1.807, 2.05) is 33.1 Å². The molecule has 0 atom stereocenters. The van der Waals surface area contributed by atoms with Crippen LogP contribution in [0.4, 0.5) is 0 Å². The lowest BCUT2D eigenvalue weighted by Crippen LogP contribution is -2.30. The minimum absolute atomic E-state index is 0.00784. The Hall–Kier alpha value is -2.89. The van der Waals surface area contributed by atoms with Crippen LogP contribution in [-0.4, -0.2) is 51.5 Å². The van der Waals surface area contributed by atoms with E-state index in [4.69, 9.17) is 0 Å². The summed E-state index contributed by atoms with van der Waals surface area (Å²) in [4.78, 5) is 15.5. The zero-order valence-corrected chi connectivity index (χ0v) is 20.8. The number of nitrogens with one attached hydrogen (secondary N) is 2. The van der Waals surface area contributed by atoms with E-state index in [-0.39, 0.29) is 10.7 Å². The molecule has 0 radical (unpaired) electrons. The van der Waals surface area contributed by atoms with Gasteiger partial charge in [0.2, 0.25) is 15.2 Å². The van der Waals surface area contributed by atoms with Gasteiger partial charge in [-0.15, -0.1) is 10.2 Å². The number of sulfonamides is 1. The van der Waals surface area contributed by atoms with Crippen molar-refractivity contribution in [2.75, 3.05) is 18.5 Å². The number of carbonyl (C=O) groups excluding carboxylic acids is 1. The van der Waals surface area contributed by atoms with E-state index in [9.17, 15) is 13.2 Å². The first-order valence-corrected chi connectivity index (χ1v) is 12.9. The number of thioether (sulfide) groups is 1. The van der Waals surface area contributed by atoms with Gasteiger partial charge in [-0.05, 0) is 38.5 Å². The Morgan fingerprint density at radius 2 is 1.91 bits per heavy atom. The van der Waals surface area contributed by atoms with Crippen molar-refractivity contribution in [1.82, 2.24) is 24.2 Å². The summed E-state index contributed by atoms with van der Waals surface area (Å²) in [5, 5.41) is 11.1. The number of aromatic amines is 1. The predicted octanol–water partition coefficient (Wildman–Crippen LogP) is 3.77. The lowest BCUT2D eigenvalue weighted by atomic mass is 10.1. The number of ketones is 1. The third kappa shape index (κ3) is 4.00. The molecule has 2 aromatic heterocycles. The van der Waals surface area contributed by atoms with Crippen molar-refractivity contribution in [2.24, 2.45) is 0 Å². The first-order valence-electron chi connectivity index (χ1n) is 10.6. The van der Waals surface area contributed by atoms with Gasteiger partial charge >= 0.3 is 0 Å². The normalized spacial score (nSPS) is 13.6. The molecule has 0 fully saturated rings. The molecular weight excluding hydrogens is 460 g/mol. The van der Waals surface area contributed by atoms with E-state index in [0.717, 1.165) is 22.6 Å². The van der Waals surface area contributed by atoms with Gasteiger partial charge in [0.25, 0.3) is 0 Å². The van der Waals surface area contributed by atoms with Crippen LogP contribution in [0.1, 0.15) is 48.1 Å². The lowest BCUT2D eigenvalue weighted by Gasteiger charge is -2.20. The molecule has 0 saturated heterocycles. The fourth-order valence-corrected chi connectivity index (χ4v) is 6.29. The number of aromatic nitrogens is 4. The Labute approximate surface area is 197 Å². The maximum absolute atomic E-state index is 13.0. The van der Waals surface area contributed by atoms with Gasteiger partial charge in [0, 0.05) is 35.3 Å². The van der Waals surface area contributed by atoms with Gasteiger partial charge in [-0.2, -0.15) is 4.31 Å². The summed E-state index contributed by atoms with van der Waals surface area (Å²) in [6.07, 6.45) is 0. The Kier molecular flexibility index (Phi) is 6.21. The highest BCUT2D eigenvalue weighted by Crippen LogP contribution is 2.34. The summed E-state index contributed by atoms with van der Waals surface area (Å²) >= 11 is 1.39. The third-order valence-corrected chi connectivity index (χ3v) is 8.52. The van der Waals surface area contributed by atoms with Crippen LogP contribution >= 0.6 is 11.8 Å². The van der Waals surface area contributed by atoms with Crippen molar-refractivity contribution in [3.05, 3.63) is 52.2 Å². The van der Waals surface area contributed by atoms with Gasteiger partial charge in [-0.3, -0.25) is 10.2 Å². The van der Waals surface area contributed by atoms with Crippen LogP contribution in [0.5, 0.6) is 0 Å². The highest BCUT2D eigenvalue weighted by molar-refractivity contribution is 8.02. The van der Waals surface area contributed by atoms with Gasteiger partial charge < -0.3 is 4.98 Å². The van der Waals surface area contributed by atoms with Crippen LogP contribution in [0.15, 0.2) is 39.7 Å². The fourth-order valence-electron chi connectivity index (χ4n) is 4.06. The van der Waals surface area contributed by atoms with Gasteiger partial charge in [0.05, 0.1) is 16.3 Å². The number of aryl methyl sites for hydroxylation is 1. The molecular formula is C22H26N6O3S2. The van der Waals surface area contributed by atoms with E-state index in [1.165, 1.54) is 16.1 Å². The zero-order valence-electron chi connectivity index (χ0n) is 19.1. The molecule has 1 aliphatic rings. The quantitative estimate of drug-likeness (QED) is 0.489. The number of benzene rings is 1.